The highest BCUT2D eigenvalue weighted by atomic mass is 14.9. The van der Waals surface area contributed by atoms with Gasteiger partial charge in [0, 0.05) is 24.4 Å². The van der Waals surface area contributed by atoms with Gasteiger partial charge in [-0.15, -0.1) is 0 Å². The number of nitrogens with one attached hydrogen (secondary N) is 1. The molecular weight excluding hydrogens is 222 g/mol. The lowest BCUT2D eigenvalue weighted by molar-refractivity contribution is 0.331. The van der Waals surface area contributed by atoms with Gasteiger partial charge in [0.2, 0.25) is 0 Å². The summed E-state index contributed by atoms with van der Waals surface area (Å²) in [5.74, 6) is 0. The lowest BCUT2D eigenvalue weighted by Crippen LogP contribution is -2.36. The van der Waals surface area contributed by atoms with E-state index in [0.29, 0.717) is 0 Å². The first-order chi connectivity index (χ1) is 8.37. The third-order valence-corrected chi connectivity index (χ3v) is 3.56. The fraction of sp³-hybridized carbons (Fsp3) is 0.667. The first-order valence-corrected chi connectivity index (χ1v) is 6.69. The summed E-state index contributed by atoms with van der Waals surface area (Å²) in [4.78, 5) is 4.06. The topological polar surface area (TPSA) is 50.9 Å². The Labute approximate surface area is 111 Å². The zero-order chi connectivity index (χ0) is 13.6. The highest BCUT2D eigenvalue weighted by Crippen LogP contribution is 2.22. The van der Waals surface area contributed by atoms with Crippen molar-refractivity contribution in [3.8, 4) is 0 Å². The Morgan fingerprint density at radius 2 is 1.78 bits per heavy atom. The molecule has 0 fully saturated rings. The first kappa shape index (κ1) is 15.1. The van der Waals surface area contributed by atoms with Gasteiger partial charge in [0.05, 0.1) is 0 Å². The van der Waals surface area contributed by atoms with Crippen molar-refractivity contribution >= 4 is 0 Å². The third kappa shape index (κ3) is 4.75. The Morgan fingerprint density at radius 3 is 2.33 bits per heavy atom. The predicted octanol–water partition coefficient (Wildman–Crippen LogP) is 2.32. The van der Waals surface area contributed by atoms with E-state index in [2.05, 4.69) is 50.1 Å². The summed E-state index contributed by atoms with van der Waals surface area (Å²) in [6.07, 6.45) is 4.82. The minimum atomic E-state index is 0.135. The number of nitrogens with two attached hydrogens (primary N) is 1. The maximum absolute atomic E-state index is 5.73. The van der Waals surface area contributed by atoms with E-state index < -0.39 is 0 Å². The van der Waals surface area contributed by atoms with Gasteiger partial charge in [-0.25, -0.2) is 0 Å². The maximum atomic E-state index is 5.73. The van der Waals surface area contributed by atoms with Gasteiger partial charge in [-0.3, -0.25) is 4.98 Å². The van der Waals surface area contributed by atoms with Crippen molar-refractivity contribution in [1.29, 1.82) is 0 Å². The van der Waals surface area contributed by atoms with Gasteiger partial charge < -0.3 is 11.1 Å². The molecule has 0 bridgehead atoms. The lowest BCUT2D eigenvalue weighted by Gasteiger charge is -2.27. The third-order valence-electron chi connectivity index (χ3n) is 3.56. The van der Waals surface area contributed by atoms with Crippen molar-refractivity contribution < 1.29 is 0 Å². The number of hydrogen-bond acceptors (Lipinski definition) is 3. The number of rotatable bonds is 7. The van der Waals surface area contributed by atoms with Gasteiger partial charge in [0.1, 0.15) is 0 Å². The van der Waals surface area contributed by atoms with E-state index in [4.69, 9.17) is 5.73 Å². The van der Waals surface area contributed by atoms with Crippen LogP contribution in [0.15, 0.2) is 24.5 Å². The Bertz CT molecular complexity index is 344. The molecule has 0 aromatic carbocycles. The average molecular weight is 249 g/mol. The molecule has 0 aliphatic heterocycles. The van der Waals surface area contributed by atoms with E-state index in [-0.39, 0.29) is 10.8 Å². The van der Waals surface area contributed by atoms with Crippen LogP contribution in [0, 0.1) is 5.41 Å². The van der Waals surface area contributed by atoms with Crippen LogP contribution in [0.5, 0.6) is 0 Å². The monoisotopic (exact) mass is 249 g/mol. The SMILES string of the molecule is CC(C)(CN)CCNCC(C)(C)c1ccncc1. The fourth-order valence-electron chi connectivity index (χ4n) is 1.83. The summed E-state index contributed by atoms with van der Waals surface area (Å²) < 4.78 is 0. The second kappa shape index (κ2) is 6.30. The summed E-state index contributed by atoms with van der Waals surface area (Å²) in [5, 5.41) is 3.54. The molecule has 3 N–H and O–H groups in total. The molecule has 3 heteroatoms. The molecule has 0 amide bonds. The standard InChI is InChI=1S/C15H27N3/c1-14(2,11-16)7-10-18-12-15(3,4)13-5-8-17-9-6-13/h5-6,8-9,18H,7,10-12,16H2,1-4H3. The van der Waals surface area contributed by atoms with Gasteiger partial charge in [-0.05, 0) is 42.6 Å². The number of pyridine rings is 1. The van der Waals surface area contributed by atoms with Crippen LogP contribution in [0.3, 0.4) is 0 Å². The van der Waals surface area contributed by atoms with Crippen molar-refractivity contribution in [3.63, 3.8) is 0 Å². The minimum Gasteiger partial charge on any atom is -0.330 e. The predicted molar refractivity (Wildman–Crippen MR) is 77.6 cm³/mol. The van der Waals surface area contributed by atoms with Gasteiger partial charge in [-0.1, -0.05) is 27.7 Å². The zero-order valence-corrected chi connectivity index (χ0v) is 12.2. The minimum absolute atomic E-state index is 0.135. The summed E-state index contributed by atoms with van der Waals surface area (Å²) in [7, 11) is 0. The molecule has 0 saturated heterocycles. The molecule has 1 heterocycles. The summed E-state index contributed by atoms with van der Waals surface area (Å²) in [6.45, 7) is 11.6. The largest absolute Gasteiger partial charge is 0.330 e. The van der Waals surface area contributed by atoms with Crippen molar-refractivity contribution in [2.24, 2.45) is 11.1 Å². The van der Waals surface area contributed by atoms with E-state index in [9.17, 15) is 0 Å². The van der Waals surface area contributed by atoms with Crippen LogP contribution in [0.4, 0.5) is 0 Å². The molecule has 102 valence electrons. The number of nitrogens with zero attached hydrogens (tertiary/aromatic N) is 1. The number of aromatic nitrogens is 1. The molecule has 1 rings (SSSR count). The van der Waals surface area contributed by atoms with Gasteiger partial charge in [0.15, 0.2) is 0 Å². The Hall–Kier alpha value is -0.930. The fourth-order valence-corrected chi connectivity index (χ4v) is 1.83. The summed E-state index contributed by atoms with van der Waals surface area (Å²) in [5.41, 5.74) is 7.42. The molecule has 0 spiro atoms. The van der Waals surface area contributed by atoms with Crippen LogP contribution in [-0.2, 0) is 5.41 Å². The molecule has 0 aliphatic rings. The van der Waals surface area contributed by atoms with E-state index in [1.54, 1.807) is 0 Å². The quantitative estimate of drug-likeness (QED) is 0.729. The lowest BCUT2D eigenvalue weighted by atomic mass is 9.85. The molecule has 0 atom stereocenters. The zero-order valence-electron chi connectivity index (χ0n) is 12.2. The Morgan fingerprint density at radius 1 is 1.17 bits per heavy atom. The van der Waals surface area contributed by atoms with Crippen LogP contribution in [-0.4, -0.2) is 24.6 Å². The molecule has 0 saturated carbocycles. The van der Waals surface area contributed by atoms with Crippen LogP contribution in [0.1, 0.15) is 39.7 Å². The van der Waals surface area contributed by atoms with Gasteiger partial charge >= 0.3 is 0 Å². The molecule has 1 aromatic heterocycles. The summed E-state index contributed by atoms with van der Waals surface area (Å²) >= 11 is 0. The van der Waals surface area contributed by atoms with Crippen LogP contribution < -0.4 is 11.1 Å². The van der Waals surface area contributed by atoms with Gasteiger partial charge in [-0.2, -0.15) is 0 Å². The molecule has 1 aromatic rings. The Balaban J connectivity index is 2.39. The van der Waals surface area contributed by atoms with Crippen molar-refractivity contribution in [2.45, 2.75) is 39.5 Å². The smallest absolute Gasteiger partial charge is 0.0270 e. The van der Waals surface area contributed by atoms with E-state index in [1.807, 2.05) is 12.4 Å². The van der Waals surface area contributed by atoms with Crippen LogP contribution in [0.2, 0.25) is 0 Å². The molecule has 3 nitrogen and oxygen atoms in total. The molecular formula is C15H27N3. The van der Waals surface area contributed by atoms with Gasteiger partial charge in [0.25, 0.3) is 0 Å². The first-order valence-electron chi connectivity index (χ1n) is 6.69. The van der Waals surface area contributed by atoms with Crippen LogP contribution in [0.25, 0.3) is 0 Å². The molecule has 18 heavy (non-hydrogen) atoms. The Kier molecular flexibility index (Phi) is 5.29. The number of hydrogen-bond donors (Lipinski definition) is 2. The highest BCUT2D eigenvalue weighted by molar-refractivity contribution is 5.20. The highest BCUT2D eigenvalue weighted by Gasteiger charge is 2.20. The molecule has 0 aliphatic carbocycles. The van der Waals surface area contributed by atoms with E-state index in [0.717, 1.165) is 26.1 Å². The van der Waals surface area contributed by atoms with E-state index >= 15 is 0 Å². The molecule has 0 radical (unpaired) electrons. The van der Waals surface area contributed by atoms with E-state index in [1.165, 1.54) is 5.56 Å². The normalized spacial score (nSPS) is 12.7. The second-order valence-electron chi connectivity index (χ2n) is 6.41. The van der Waals surface area contributed by atoms with Crippen molar-refractivity contribution in [3.05, 3.63) is 30.1 Å². The van der Waals surface area contributed by atoms with Crippen LogP contribution >= 0.6 is 0 Å². The van der Waals surface area contributed by atoms with Crippen molar-refractivity contribution in [2.75, 3.05) is 19.6 Å². The van der Waals surface area contributed by atoms with Crippen molar-refractivity contribution in [1.82, 2.24) is 10.3 Å². The average Bonchev–Trinajstić information content (AvgIpc) is 2.36. The summed E-state index contributed by atoms with van der Waals surface area (Å²) in [6, 6.07) is 4.18. The maximum Gasteiger partial charge on any atom is 0.0270 e. The second-order valence-corrected chi connectivity index (χ2v) is 6.41. The molecule has 0 unspecified atom stereocenters.